The van der Waals surface area contributed by atoms with Crippen molar-refractivity contribution in [2.45, 2.75) is 130 Å². The van der Waals surface area contributed by atoms with Crippen molar-refractivity contribution >= 4 is 24.4 Å². The van der Waals surface area contributed by atoms with Crippen LogP contribution in [0.4, 0.5) is 0 Å². The average Bonchev–Trinajstić information content (AvgIpc) is 3.18. The number of rotatable bonds is 5. The van der Waals surface area contributed by atoms with Gasteiger partial charge in [0.1, 0.15) is 0 Å². The van der Waals surface area contributed by atoms with E-state index in [-0.39, 0.29) is 18.5 Å². The van der Waals surface area contributed by atoms with Crippen LogP contribution in [-0.2, 0) is 0 Å². The summed E-state index contributed by atoms with van der Waals surface area (Å²) in [4.78, 5) is 0. The van der Waals surface area contributed by atoms with Gasteiger partial charge in [0.2, 0.25) is 0 Å². The monoisotopic (exact) mass is 504 g/mol. The highest BCUT2D eigenvalue weighted by molar-refractivity contribution is 7.80. The molecule has 0 aliphatic heterocycles. The van der Waals surface area contributed by atoms with Crippen molar-refractivity contribution in [1.82, 2.24) is 0 Å². The molecule has 4 aliphatic carbocycles. The summed E-state index contributed by atoms with van der Waals surface area (Å²) in [7, 11) is 0. The quantitative estimate of drug-likeness (QED) is 0.133. The lowest BCUT2D eigenvalue weighted by Gasteiger charge is -2.63. The highest BCUT2D eigenvalue weighted by atomic mass is 35.5. The van der Waals surface area contributed by atoms with Crippen molar-refractivity contribution in [3.63, 3.8) is 0 Å². The maximum absolute atomic E-state index is 10.2. The summed E-state index contributed by atoms with van der Waals surface area (Å²) in [6, 6.07) is 0. The summed E-state index contributed by atoms with van der Waals surface area (Å²) in [5.74, 6) is 3.19. The minimum atomic E-state index is -0.128. The Morgan fingerprint density at radius 3 is 2.30 bits per heavy atom. The van der Waals surface area contributed by atoms with Crippen LogP contribution < -0.4 is 11.0 Å². The normalized spacial score (nSPS) is 40.8. The molecule has 3 nitrogen and oxygen atoms in total. The first-order valence-corrected chi connectivity index (χ1v) is 14.9. The van der Waals surface area contributed by atoms with Gasteiger partial charge in [-0.25, -0.2) is 5.25 Å². The molecular weight excluding hydrogens is 448 g/mol. The lowest BCUT2D eigenvalue weighted by molar-refractivity contribution is -0.0682. The van der Waals surface area contributed by atoms with Crippen LogP contribution in [0.3, 0.4) is 0 Å². The van der Waals surface area contributed by atoms with E-state index in [0.717, 1.165) is 37.4 Å². The number of hydrogen-bond donors (Lipinski definition) is 4. The first-order chi connectivity index (χ1) is 15.8. The third kappa shape index (κ3) is 6.16. The van der Waals surface area contributed by atoms with E-state index in [4.69, 9.17) is 5.73 Å². The molecule has 3 saturated carbocycles. The number of nitrogens with two attached hydrogens (primary N) is 2. The first kappa shape index (κ1) is 31.3. The van der Waals surface area contributed by atoms with Crippen LogP contribution in [0.5, 0.6) is 0 Å². The predicted octanol–water partition coefficient (Wildman–Crippen LogP) is 7.90. The molecule has 5 N–H and O–H groups in total. The topological polar surface area (TPSA) is 72.3 Å². The molecular formula is C28H57ClN2OS. The van der Waals surface area contributed by atoms with E-state index in [0.29, 0.717) is 17.3 Å². The second-order valence-electron chi connectivity index (χ2n) is 10.9. The number of aliphatic hydroxyl groups excluding tert-OH is 1. The summed E-state index contributed by atoms with van der Waals surface area (Å²) in [6.45, 7) is 13.1. The molecule has 4 rings (SSSR count). The fraction of sp³-hybridized carbons (Fsp3) is 0.929. The largest absolute Gasteiger partial charge is 0.393 e. The lowest BCUT2D eigenvalue weighted by atomic mass is 9.44. The summed E-state index contributed by atoms with van der Waals surface area (Å²) in [6.07, 6.45) is 17.1. The zero-order valence-corrected chi connectivity index (χ0v) is 24.2. The molecule has 4 aliphatic rings. The molecule has 5 heteroatoms. The minimum Gasteiger partial charge on any atom is -0.393 e. The van der Waals surface area contributed by atoms with Gasteiger partial charge in [-0.3, -0.25) is 0 Å². The maximum atomic E-state index is 10.2. The molecule has 0 amide bonds. The van der Waals surface area contributed by atoms with Crippen molar-refractivity contribution in [3.05, 3.63) is 11.6 Å². The molecule has 0 spiro atoms. The van der Waals surface area contributed by atoms with Gasteiger partial charge >= 0.3 is 0 Å². The van der Waals surface area contributed by atoms with Crippen LogP contribution in [0.1, 0.15) is 120 Å². The van der Waals surface area contributed by atoms with Crippen molar-refractivity contribution in [2.24, 2.45) is 39.6 Å². The second-order valence-corrected chi connectivity index (χ2v) is 11.3. The highest BCUT2D eigenvalue weighted by Gasteiger charge is 2.63. The second kappa shape index (κ2) is 14.1. The van der Waals surface area contributed by atoms with Gasteiger partial charge < -0.3 is 10.8 Å². The van der Waals surface area contributed by atoms with E-state index < -0.39 is 0 Å². The van der Waals surface area contributed by atoms with Gasteiger partial charge in [-0.2, -0.15) is 12.6 Å². The summed E-state index contributed by atoms with van der Waals surface area (Å²) in [5, 5.41) is 14.2. The number of thiol groups is 1. The molecule has 7 unspecified atom stereocenters. The number of hydrogen-bond acceptors (Lipinski definition) is 4. The van der Waals surface area contributed by atoms with E-state index in [1.807, 2.05) is 27.7 Å². The number of fused-ring (bicyclic) bond motifs is 5. The van der Waals surface area contributed by atoms with Gasteiger partial charge in [-0.1, -0.05) is 66.0 Å². The summed E-state index contributed by atoms with van der Waals surface area (Å²) in [5.41, 5.74) is 9.57. The number of aliphatic hydroxyl groups is 1. The molecule has 0 bridgehead atoms. The van der Waals surface area contributed by atoms with Crippen LogP contribution in [0.2, 0.25) is 0 Å². The van der Waals surface area contributed by atoms with E-state index in [2.05, 4.69) is 49.6 Å². The number of halogens is 1. The molecule has 3 fully saturated rings. The van der Waals surface area contributed by atoms with Gasteiger partial charge in [-0.15, -0.1) is 0 Å². The van der Waals surface area contributed by atoms with E-state index in [1.165, 1.54) is 56.9 Å². The van der Waals surface area contributed by atoms with Crippen LogP contribution in [0.15, 0.2) is 11.6 Å². The summed E-state index contributed by atoms with van der Waals surface area (Å²) >= 11 is 8.51. The molecule has 0 aromatic heterocycles. The summed E-state index contributed by atoms with van der Waals surface area (Å²) < 4.78 is 0. The Morgan fingerprint density at radius 2 is 1.67 bits per heavy atom. The van der Waals surface area contributed by atoms with Crippen molar-refractivity contribution < 1.29 is 6.53 Å². The Labute approximate surface area is 217 Å². The van der Waals surface area contributed by atoms with Gasteiger partial charge in [-0.05, 0) is 110 Å². The van der Waals surface area contributed by atoms with Crippen molar-refractivity contribution in [3.8, 4) is 0 Å². The zero-order chi connectivity index (χ0) is 25.3. The zero-order valence-electron chi connectivity index (χ0n) is 22.5. The Kier molecular flexibility index (Phi) is 13.4. The molecule has 0 aromatic carbocycles. The Morgan fingerprint density at radius 1 is 1.00 bits per heavy atom. The van der Waals surface area contributed by atoms with Crippen LogP contribution >= 0.6 is 24.4 Å². The maximum Gasteiger partial charge on any atom is 0.0577 e. The molecule has 7 atom stereocenters. The Hall–Kier alpha value is 0.260. The molecule has 0 radical (unpaired) electrons. The van der Waals surface area contributed by atoms with Crippen LogP contribution in [-0.4, -0.2) is 22.5 Å². The van der Waals surface area contributed by atoms with Gasteiger partial charge in [0.25, 0.3) is 0 Å². The number of unbranched alkanes of at least 4 members (excludes halogenated alkanes) is 2. The third-order valence-electron chi connectivity index (χ3n) is 9.67. The minimum absolute atomic E-state index is 0. The van der Waals surface area contributed by atoms with E-state index in [1.54, 1.807) is 0 Å². The van der Waals surface area contributed by atoms with Crippen molar-refractivity contribution in [2.75, 3.05) is 5.75 Å². The Bertz CT molecular complexity index is 609. The predicted molar refractivity (Wildman–Crippen MR) is 152 cm³/mol. The van der Waals surface area contributed by atoms with Gasteiger partial charge in [0.15, 0.2) is 0 Å². The fourth-order valence-electron chi connectivity index (χ4n) is 8.12. The lowest BCUT2D eigenvalue weighted by Crippen LogP contribution is -2.66. The van der Waals surface area contributed by atoms with E-state index >= 15 is 0 Å². The molecule has 33 heavy (non-hydrogen) atoms. The first-order valence-electron chi connectivity index (χ1n) is 13.8. The van der Waals surface area contributed by atoms with E-state index in [9.17, 15) is 5.11 Å². The van der Waals surface area contributed by atoms with Gasteiger partial charge in [0, 0.05) is 6.97 Å². The van der Waals surface area contributed by atoms with Gasteiger partial charge in [0.05, 0.1) is 6.10 Å². The SMILES string of the molecule is CC.CC.CC12CCC(O)CC1=CCC1(N)C2CCC2(C)C(CCCCCS)CCC21.NCl.[HH]. The molecule has 0 saturated heterocycles. The fourth-order valence-corrected chi connectivity index (χ4v) is 8.34. The molecule has 0 aromatic rings. The molecule has 0 heterocycles. The standard InChI is InChI=1S/C24H41NOS.2C2H6.ClH2N.H2/c1-22-13-11-21-23(2)12-10-19(26)16-18(23)9-14-24(21,25)20(22)8-7-17(22)6-4-3-5-15-27;3*1-2;/h9,17,19-21,26-27H,3-8,10-16,25H2,1-2H3;2*1-2H3;2H2;1H. The van der Waals surface area contributed by atoms with Crippen LogP contribution in [0.25, 0.3) is 0 Å². The molecule has 198 valence electrons. The highest BCUT2D eigenvalue weighted by Crippen LogP contribution is 2.67. The Balaban J connectivity index is 0.00000145. The average molecular weight is 505 g/mol. The third-order valence-corrected chi connectivity index (χ3v) is 9.99. The van der Waals surface area contributed by atoms with Crippen molar-refractivity contribution in [1.29, 1.82) is 0 Å². The van der Waals surface area contributed by atoms with Crippen LogP contribution in [0, 0.1) is 28.6 Å². The smallest absolute Gasteiger partial charge is 0.0577 e.